The lowest BCUT2D eigenvalue weighted by atomic mass is 9.93. The molecule has 8 heteroatoms. The van der Waals surface area contributed by atoms with Gasteiger partial charge in [-0.1, -0.05) is 74.6 Å². The average Bonchev–Trinajstić information content (AvgIpc) is 3.11. The number of esters is 4. The van der Waals surface area contributed by atoms with Crippen LogP contribution in [0.1, 0.15) is 47.2 Å². The molecule has 0 radical (unpaired) electrons. The smallest absolute Gasteiger partial charge is 0.337 e. The third kappa shape index (κ3) is 12.0. The lowest BCUT2D eigenvalue weighted by molar-refractivity contribution is -0.134. The molecule has 3 aromatic rings. The van der Waals surface area contributed by atoms with E-state index in [1.165, 1.54) is 25.0 Å². The topological polar surface area (TPSA) is 105 Å². The first-order valence-electron chi connectivity index (χ1n) is 15.0. The average molecular weight is 667 g/mol. The zero-order chi connectivity index (χ0) is 36.5. The zero-order valence-electron chi connectivity index (χ0n) is 27.6. The van der Waals surface area contributed by atoms with Gasteiger partial charge in [0.05, 0.1) is 25.0 Å². The molecule has 250 valence electrons. The molecule has 0 aliphatic rings. The van der Waals surface area contributed by atoms with E-state index in [-0.39, 0.29) is 11.1 Å². The van der Waals surface area contributed by atoms with E-state index >= 15 is 0 Å². The van der Waals surface area contributed by atoms with Crippen LogP contribution in [0.15, 0.2) is 135 Å². The van der Waals surface area contributed by atoms with Crippen LogP contribution in [0.25, 0.3) is 35.4 Å². The van der Waals surface area contributed by atoms with E-state index in [1.54, 1.807) is 38.2 Å². The van der Waals surface area contributed by atoms with Gasteiger partial charge in [-0.25, -0.2) is 19.2 Å². The molecule has 0 bridgehead atoms. The first kappa shape index (κ1) is 37.5. The molecule has 0 heterocycles. The Morgan fingerprint density at radius 2 is 1.04 bits per heavy atom. The molecule has 3 aromatic carbocycles. The zero-order valence-corrected chi connectivity index (χ0v) is 27.6. The van der Waals surface area contributed by atoms with Crippen molar-refractivity contribution >= 4 is 48.2 Å². The molecule has 0 aliphatic carbocycles. The largest absolute Gasteiger partial charge is 0.431 e. The molecule has 0 spiro atoms. The number of benzene rings is 3. The fourth-order valence-electron chi connectivity index (χ4n) is 3.85. The highest BCUT2D eigenvalue weighted by Crippen LogP contribution is 2.30. The number of ether oxygens (including phenoxy) is 4. The van der Waals surface area contributed by atoms with Crippen molar-refractivity contribution in [3.05, 3.63) is 169 Å². The maximum atomic E-state index is 12.1. The molecule has 0 saturated carbocycles. The van der Waals surface area contributed by atoms with Crippen molar-refractivity contribution < 1.29 is 38.1 Å². The summed E-state index contributed by atoms with van der Waals surface area (Å²) in [6.45, 7) is 17.0. The van der Waals surface area contributed by atoms with E-state index in [2.05, 4.69) is 38.2 Å². The van der Waals surface area contributed by atoms with Crippen LogP contribution in [0.4, 0.5) is 0 Å². The molecule has 0 aliphatic heterocycles. The molecule has 8 nitrogen and oxygen atoms in total. The minimum Gasteiger partial charge on any atom is -0.431 e. The molecule has 3 rings (SSSR count). The van der Waals surface area contributed by atoms with Crippen LogP contribution >= 0.6 is 0 Å². The predicted molar refractivity (Wildman–Crippen MR) is 195 cm³/mol. The molecule has 0 saturated heterocycles. The van der Waals surface area contributed by atoms with Crippen molar-refractivity contribution in [2.75, 3.05) is 0 Å². The van der Waals surface area contributed by atoms with E-state index in [0.717, 1.165) is 34.4 Å². The van der Waals surface area contributed by atoms with Crippen LogP contribution < -0.4 is 0 Å². The van der Waals surface area contributed by atoms with Gasteiger partial charge in [-0.3, -0.25) is 0 Å². The highest BCUT2D eigenvalue weighted by molar-refractivity contribution is 5.89. The van der Waals surface area contributed by atoms with Crippen LogP contribution in [-0.4, -0.2) is 23.9 Å². The number of carbonyl (C=O) groups excluding carboxylic acids is 4. The molecule has 0 unspecified atom stereocenters. The Bertz CT molecular complexity index is 1990. The van der Waals surface area contributed by atoms with Gasteiger partial charge in [0.1, 0.15) is 0 Å². The van der Waals surface area contributed by atoms with Crippen LogP contribution in [0, 0.1) is 11.8 Å². The minimum absolute atomic E-state index is 0.241. The van der Waals surface area contributed by atoms with E-state index in [0.29, 0.717) is 22.3 Å². The second-order valence-electron chi connectivity index (χ2n) is 10.4. The molecule has 0 N–H and O–H groups in total. The molecule has 0 aromatic heterocycles. The van der Waals surface area contributed by atoms with E-state index in [4.69, 9.17) is 18.9 Å². The first-order valence-corrected chi connectivity index (χ1v) is 15.0. The Morgan fingerprint density at radius 1 is 0.580 bits per heavy atom. The summed E-state index contributed by atoms with van der Waals surface area (Å²) in [6, 6.07) is 18.4. The van der Waals surface area contributed by atoms with Gasteiger partial charge < -0.3 is 18.9 Å². The number of carbonyl (C=O) groups is 4. The van der Waals surface area contributed by atoms with Gasteiger partial charge in [0, 0.05) is 34.4 Å². The maximum Gasteiger partial charge on any atom is 0.337 e. The third-order valence-electron chi connectivity index (χ3n) is 6.46. The summed E-state index contributed by atoms with van der Waals surface area (Å²) >= 11 is 0. The Hall–Kier alpha value is -6.98. The van der Waals surface area contributed by atoms with Crippen molar-refractivity contribution in [1.82, 2.24) is 0 Å². The molecule has 0 fully saturated rings. The van der Waals surface area contributed by atoms with Crippen LogP contribution in [0.5, 0.6) is 0 Å². The maximum absolute atomic E-state index is 12.1. The second kappa shape index (κ2) is 19.0. The predicted octanol–water partition coefficient (Wildman–Crippen LogP) is 8.33. The van der Waals surface area contributed by atoms with Crippen molar-refractivity contribution in [3.8, 4) is 23.0 Å². The summed E-state index contributed by atoms with van der Waals surface area (Å²) in [6.07, 6.45) is 13.8. The summed E-state index contributed by atoms with van der Waals surface area (Å²) < 4.78 is 20.2. The molecular weight excluding hydrogens is 632 g/mol. The van der Waals surface area contributed by atoms with Crippen LogP contribution in [0.3, 0.4) is 0 Å². The van der Waals surface area contributed by atoms with Crippen molar-refractivity contribution in [3.63, 3.8) is 0 Å². The van der Waals surface area contributed by atoms with Gasteiger partial charge in [0.15, 0.2) is 0 Å². The second-order valence-corrected chi connectivity index (χ2v) is 10.4. The Labute approximate surface area is 291 Å². The molecular formula is C42H34O8. The van der Waals surface area contributed by atoms with Gasteiger partial charge >= 0.3 is 23.9 Å². The lowest BCUT2D eigenvalue weighted by Crippen LogP contribution is -1.99. The number of hydrogen-bond acceptors (Lipinski definition) is 8. The van der Waals surface area contributed by atoms with E-state index in [1.807, 2.05) is 60.7 Å². The highest BCUT2D eigenvalue weighted by atomic mass is 16.5. The van der Waals surface area contributed by atoms with Crippen LogP contribution in [0.2, 0.25) is 0 Å². The number of hydrogen-bond donors (Lipinski definition) is 0. The van der Waals surface area contributed by atoms with Crippen molar-refractivity contribution in [2.24, 2.45) is 0 Å². The lowest BCUT2D eigenvalue weighted by Gasteiger charge is -2.11. The third-order valence-corrected chi connectivity index (χ3v) is 6.46. The summed E-state index contributed by atoms with van der Waals surface area (Å²) in [4.78, 5) is 46.8. The number of rotatable bonds is 13. The van der Waals surface area contributed by atoms with Crippen molar-refractivity contribution in [1.29, 1.82) is 0 Å². The van der Waals surface area contributed by atoms with E-state index in [9.17, 15) is 19.2 Å². The summed E-state index contributed by atoms with van der Waals surface area (Å²) in [5.74, 6) is 4.04. The molecule has 50 heavy (non-hydrogen) atoms. The Kier molecular flexibility index (Phi) is 14.2. The highest BCUT2D eigenvalue weighted by Gasteiger charge is 2.10. The summed E-state index contributed by atoms with van der Waals surface area (Å²) in [5, 5.41) is 0. The standard InChI is InChI=1S/C42H34O8/c1-7-39(43)47-23-19-32-11-9-31(10-12-32)15-18-35-27-37(22-26-50-42(46)30(5)6)38(28-36(35)21-25-49-41(45)29(3)4)34-16-13-33(14-17-34)20-24-48-40(44)8-2/h7-14,16-17,19-28H,1-3,5H2,4,6H3. The van der Waals surface area contributed by atoms with Crippen LogP contribution in [-0.2, 0) is 38.1 Å². The quantitative estimate of drug-likeness (QED) is 0.0590. The Balaban J connectivity index is 2.09. The molecule has 0 atom stereocenters. The van der Waals surface area contributed by atoms with Gasteiger partial charge in [-0.15, -0.1) is 0 Å². The van der Waals surface area contributed by atoms with Gasteiger partial charge in [0.2, 0.25) is 0 Å². The SMILES string of the molecule is C=CC(=O)OC=Cc1ccc(C#Cc2cc(C=COC(=O)C(=C)C)c(-c3ccc(C=COC(=O)C=C)cc3)cc2C=COC(=O)C(=C)C)cc1. The first-order chi connectivity index (χ1) is 24.0. The van der Waals surface area contributed by atoms with Gasteiger partial charge in [0.25, 0.3) is 0 Å². The monoisotopic (exact) mass is 666 g/mol. The van der Waals surface area contributed by atoms with E-state index < -0.39 is 23.9 Å². The fraction of sp³-hybridized carbons (Fsp3) is 0.0476. The summed E-state index contributed by atoms with van der Waals surface area (Å²) in [7, 11) is 0. The Morgan fingerprint density at radius 3 is 1.52 bits per heavy atom. The fourth-order valence-corrected chi connectivity index (χ4v) is 3.85. The normalized spacial score (nSPS) is 10.8. The summed E-state index contributed by atoms with van der Waals surface area (Å²) in [5.41, 5.74) is 6.15. The van der Waals surface area contributed by atoms with Gasteiger partial charge in [-0.2, -0.15) is 0 Å². The van der Waals surface area contributed by atoms with Gasteiger partial charge in [-0.05, 0) is 95.8 Å². The molecule has 0 amide bonds. The van der Waals surface area contributed by atoms with Crippen molar-refractivity contribution in [2.45, 2.75) is 13.8 Å². The minimum atomic E-state index is -0.580.